The van der Waals surface area contributed by atoms with E-state index in [0.29, 0.717) is 40.5 Å². The predicted molar refractivity (Wildman–Crippen MR) is 106 cm³/mol. The van der Waals surface area contributed by atoms with Crippen LogP contribution in [0.25, 0.3) is 11.0 Å². The molecule has 0 bridgehead atoms. The fourth-order valence-electron chi connectivity index (χ4n) is 3.75. The van der Waals surface area contributed by atoms with Crippen molar-refractivity contribution < 1.29 is 14.1 Å². The smallest absolute Gasteiger partial charge is 0.242 e. The number of carbonyl (C=O) groups excluding carboxylic acids is 1. The molecule has 3 heterocycles. The van der Waals surface area contributed by atoms with E-state index < -0.39 is 5.41 Å². The van der Waals surface area contributed by atoms with Crippen LogP contribution in [-0.2, 0) is 10.2 Å². The van der Waals surface area contributed by atoms with E-state index in [1.807, 2.05) is 26.0 Å². The third kappa shape index (κ3) is 2.39. The Hall–Kier alpha value is -2.80. The van der Waals surface area contributed by atoms with Crippen LogP contribution in [0.3, 0.4) is 0 Å². The lowest BCUT2D eigenvalue weighted by Gasteiger charge is -2.19. The number of ether oxygens (including phenoxy) is 1. The van der Waals surface area contributed by atoms with Crippen LogP contribution in [0.2, 0.25) is 5.02 Å². The third-order valence-electron chi connectivity index (χ3n) is 5.34. The minimum absolute atomic E-state index is 0.0235. The van der Waals surface area contributed by atoms with Crippen molar-refractivity contribution in [2.45, 2.75) is 32.1 Å². The highest BCUT2D eigenvalue weighted by Crippen LogP contribution is 2.60. The molecule has 0 atom stereocenters. The monoisotopic (exact) mass is 398 g/mol. The molecule has 1 aliphatic carbocycles. The molecule has 28 heavy (non-hydrogen) atoms. The molecule has 2 aromatic heterocycles. The van der Waals surface area contributed by atoms with E-state index in [1.54, 1.807) is 17.2 Å². The van der Waals surface area contributed by atoms with Crippen LogP contribution in [-0.4, -0.2) is 22.7 Å². The van der Waals surface area contributed by atoms with Crippen molar-refractivity contribution in [3.05, 3.63) is 35.0 Å². The molecule has 7 nitrogen and oxygen atoms in total. The highest BCUT2D eigenvalue weighted by atomic mass is 35.5. The number of nitrogens with zero attached hydrogens (tertiary/aromatic N) is 3. The van der Waals surface area contributed by atoms with E-state index in [9.17, 15) is 4.79 Å². The molecule has 0 saturated heterocycles. The molecule has 8 heteroatoms. The van der Waals surface area contributed by atoms with E-state index in [1.165, 1.54) is 0 Å². The van der Waals surface area contributed by atoms with Crippen molar-refractivity contribution in [1.82, 2.24) is 10.1 Å². The standard InChI is InChI=1S/C20H19ClN4O3/c1-10(2)9-27-18-14(21)5-11(8-23-18)25-15-7-16-12(17(22)24-28-16)6-13(15)20(3-4-20)19(25)26/h5-8,10H,3-4,9H2,1-2H3,(H2,22,24). The Morgan fingerprint density at radius 3 is 2.82 bits per heavy atom. The van der Waals surface area contributed by atoms with Gasteiger partial charge in [0, 0.05) is 6.07 Å². The van der Waals surface area contributed by atoms with Gasteiger partial charge in [-0.3, -0.25) is 9.69 Å². The molecule has 1 aliphatic heterocycles. The number of halogens is 1. The van der Waals surface area contributed by atoms with E-state index in [2.05, 4.69) is 10.1 Å². The van der Waals surface area contributed by atoms with Gasteiger partial charge in [-0.25, -0.2) is 4.98 Å². The van der Waals surface area contributed by atoms with E-state index in [0.717, 1.165) is 29.5 Å². The van der Waals surface area contributed by atoms with Crippen molar-refractivity contribution in [2.24, 2.45) is 5.92 Å². The minimum atomic E-state index is -0.494. The van der Waals surface area contributed by atoms with Gasteiger partial charge in [-0.2, -0.15) is 0 Å². The van der Waals surface area contributed by atoms with Crippen molar-refractivity contribution in [2.75, 3.05) is 17.2 Å². The second kappa shape index (κ2) is 5.85. The zero-order chi connectivity index (χ0) is 19.6. The highest BCUT2D eigenvalue weighted by molar-refractivity contribution is 6.32. The van der Waals surface area contributed by atoms with Crippen LogP contribution < -0.4 is 15.4 Å². The molecular formula is C20H19ClN4O3. The fourth-order valence-corrected chi connectivity index (χ4v) is 3.97. The van der Waals surface area contributed by atoms with Crippen LogP contribution in [0.4, 0.5) is 17.2 Å². The molecule has 1 aromatic carbocycles. The number of pyridine rings is 1. The molecular weight excluding hydrogens is 380 g/mol. The zero-order valence-corrected chi connectivity index (χ0v) is 16.3. The molecule has 0 unspecified atom stereocenters. The van der Waals surface area contributed by atoms with E-state index >= 15 is 0 Å². The molecule has 2 N–H and O–H groups in total. The number of nitrogen functional groups attached to an aromatic ring is 1. The normalized spacial score (nSPS) is 17.0. The maximum atomic E-state index is 13.3. The fraction of sp³-hybridized carbons (Fsp3) is 0.350. The molecule has 0 radical (unpaired) electrons. The Morgan fingerprint density at radius 1 is 1.36 bits per heavy atom. The van der Waals surface area contributed by atoms with Crippen molar-refractivity contribution in [1.29, 1.82) is 0 Å². The quantitative estimate of drug-likeness (QED) is 0.707. The Balaban J connectivity index is 1.59. The van der Waals surface area contributed by atoms with Crippen LogP contribution in [0.1, 0.15) is 32.3 Å². The summed E-state index contributed by atoms with van der Waals surface area (Å²) < 4.78 is 10.9. The summed E-state index contributed by atoms with van der Waals surface area (Å²) in [5.74, 6) is 1.08. The summed E-state index contributed by atoms with van der Waals surface area (Å²) in [6.07, 6.45) is 3.23. The molecule has 1 spiro atoms. The molecule has 3 aromatic rings. The summed E-state index contributed by atoms with van der Waals surface area (Å²) in [5.41, 5.74) is 8.27. The number of hydrogen-bond donors (Lipinski definition) is 1. The number of benzene rings is 1. The van der Waals surface area contributed by atoms with E-state index in [-0.39, 0.29) is 5.91 Å². The SMILES string of the molecule is CC(C)COc1ncc(N2C(=O)C3(CC3)c3cc4c(N)noc4cc32)cc1Cl. The highest BCUT2D eigenvalue weighted by Gasteiger charge is 2.59. The molecule has 144 valence electrons. The summed E-state index contributed by atoms with van der Waals surface area (Å²) in [7, 11) is 0. The van der Waals surface area contributed by atoms with Gasteiger partial charge in [-0.1, -0.05) is 30.6 Å². The molecule has 1 fully saturated rings. The number of rotatable bonds is 4. The Morgan fingerprint density at radius 2 is 2.14 bits per heavy atom. The first kappa shape index (κ1) is 17.3. The largest absolute Gasteiger partial charge is 0.476 e. The summed E-state index contributed by atoms with van der Waals surface area (Å²) in [6, 6.07) is 5.46. The third-order valence-corrected chi connectivity index (χ3v) is 5.61. The van der Waals surface area contributed by atoms with Gasteiger partial charge in [0.1, 0.15) is 5.02 Å². The maximum absolute atomic E-state index is 13.3. The zero-order valence-electron chi connectivity index (χ0n) is 15.5. The van der Waals surface area contributed by atoms with Gasteiger partial charge in [0.05, 0.1) is 35.0 Å². The average molecular weight is 399 g/mol. The van der Waals surface area contributed by atoms with Gasteiger partial charge in [0.2, 0.25) is 11.8 Å². The number of amides is 1. The van der Waals surface area contributed by atoms with Crippen LogP contribution >= 0.6 is 11.6 Å². The molecule has 2 aliphatic rings. The predicted octanol–water partition coefficient (Wildman–Crippen LogP) is 4.20. The van der Waals surface area contributed by atoms with Crippen LogP contribution in [0.15, 0.2) is 28.9 Å². The number of nitrogens with two attached hydrogens (primary N) is 1. The van der Waals surface area contributed by atoms with E-state index in [4.69, 9.17) is 26.6 Å². The molecule has 1 saturated carbocycles. The average Bonchev–Trinajstić information content (AvgIpc) is 3.34. The lowest BCUT2D eigenvalue weighted by atomic mass is 9.96. The lowest BCUT2D eigenvalue weighted by molar-refractivity contribution is -0.119. The van der Waals surface area contributed by atoms with Crippen molar-refractivity contribution in [3.63, 3.8) is 0 Å². The van der Waals surface area contributed by atoms with Gasteiger partial charge in [0.15, 0.2) is 11.4 Å². The van der Waals surface area contributed by atoms with Crippen molar-refractivity contribution >= 4 is 45.7 Å². The molecule has 1 amide bonds. The summed E-state index contributed by atoms with van der Waals surface area (Å²) in [6.45, 7) is 4.62. The summed E-state index contributed by atoms with van der Waals surface area (Å²) >= 11 is 6.38. The summed E-state index contributed by atoms with van der Waals surface area (Å²) in [5, 5.41) is 4.93. The first-order valence-electron chi connectivity index (χ1n) is 9.23. The first-order chi connectivity index (χ1) is 13.4. The number of aromatic nitrogens is 2. The first-order valence-corrected chi connectivity index (χ1v) is 9.61. The van der Waals surface area contributed by atoms with Crippen LogP contribution in [0.5, 0.6) is 5.88 Å². The van der Waals surface area contributed by atoms with Gasteiger partial charge >= 0.3 is 0 Å². The van der Waals surface area contributed by atoms with Gasteiger partial charge < -0.3 is 15.0 Å². The van der Waals surface area contributed by atoms with Gasteiger partial charge in [0.25, 0.3) is 0 Å². The minimum Gasteiger partial charge on any atom is -0.476 e. The summed E-state index contributed by atoms with van der Waals surface area (Å²) in [4.78, 5) is 19.3. The molecule has 5 rings (SSSR count). The van der Waals surface area contributed by atoms with Gasteiger partial charge in [-0.15, -0.1) is 0 Å². The Labute approximate surface area is 166 Å². The second-order valence-corrected chi connectivity index (χ2v) is 8.25. The topological polar surface area (TPSA) is 94.5 Å². The number of anilines is 3. The number of carbonyl (C=O) groups is 1. The maximum Gasteiger partial charge on any atom is 0.242 e. The lowest BCUT2D eigenvalue weighted by Crippen LogP contribution is -2.28. The van der Waals surface area contributed by atoms with Crippen LogP contribution in [0, 0.1) is 5.92 Å². The number of hydrogen-bond acceptors (Lipinski definition) is 6. The van der Waals surface area contributed by atoms with Crippen molar-refractivity contribution in [3.8, 4) is 5.88 Å². The second-order valence-electron chi connectivity index (χ2n) is 7.84. The Kier molecular flexibility index (Phi) is 3.61. The Bertz CT molecular complexity index is 1120. The van der Waals surface area contributed by atoms with Gasteiger partial charge in [-0.05, 0) is 36.5 Å². The number of fused-ring (bicyclic) bond motifs is 3.